The van der Waals surface area contributed by atoms with Gasteiger partial charge in [0.2, 0.25) is 6.39 Å². The van der Waals surface area contributed by atoms with Crippen LogP contribution in [0.2, 0.25) is 0 Å². The van der Waals surface area contributed by atoms with Crippen LogP contribution in [0.15, 0.2) is 35.2 Å². The minimum Gasteiger partial charge on any atom is -0.497 e. The lowest BCUT2D eigenvalue weighted by Gasteiger charge is -2.13. The predicted octanol–water partition coefficient (Wildman–Crippen LogP) is 1.93. The highest BCUT2D eigenvalue weighted by Crippen LogP contribution is 2.18. The Kier molecular flexibility index (Phi) is 3.72. The maximum Gasteiger partial charge on any atom is 0.213 e. The molecule has 5 nitrogen and oxygen atoms in total. The number of benzene rings is 1. The molecule has 1 atom stereocenters. The van der Waals surface area contributed by atoms with Crippen LogP contribution < -0.4 is 10.1 Å². The molecule has 0 radical (unpaired) electrons. The molecule has 1 unspecified atom stereocenters. The van der Waals surface area contributed by atoms with E-state index in [0.29, 0.717) is 12.4 Å². The number of hydrogen-bond acceptors (Lipinski definition) is 5. The Morgan fingerprint density at radius 2 is 2.35 bits per heavy atom. The number of aromatic nitrogens is 2. The van der Waals surface area contributed by atoms with Crippen LogP contribution in [0.4, 0.5) is 0 Å². The molecule has 0 saturated carbocycles. The van der Waals surface area contributed by atoms with E-state index in [1.54, 1.807) is 7.11 Å². The summed E-state index contributed by atoms with van der Waals surface area (Å²) in [6.45, 7) is 2.66. The third-order valence-corrected chi connectivity index (χ3v) is 2.57. The van der Waals surface area contributed by atoms with E-state index in [0.717, 1.165) is 11.3 Å². The van der Waals surface area contributed by atoms with Crippen molar-refractivity contribution in [1.29, 1.82) is 0 Å². The molecule has 0 fully saturated rings. The van der Waals surface area contributed by atoms with E-state index in [-0.39, 0.29) is 6.04 Å². The van der Waals surface area contributed by atoms with E-state index in [9.17, 15) is 0 Å². The van der Waals surface area contributed by atoms with Crippen LogP contribution in [-0.4, -0.2) is 17.3 Å². The SMILES string of the molecule is COc1cccc(C(C)NCc2ncon2)c1. The van der Waals surface area contributed by atoms with Gasteiger partial charge in [0.15, 0.2) is 5.82 Å². The number of methoxy groups -OCH3 is 1. The van der Waals surface area contributed by atoms with Gasteiger partial charge in [0.05, 0.1) is 13.7 Å². The van der Waals surface area contributed by atoms with Gasteiger partial charge in [0.25, 0.3) is 0 Å². The molecule has 0 bridgehead atoms. The molecule has 1 aromatic heterocycles. The Balaban J connectivity index is 1.96. The highest BCUT2D eigenvalue weighted by Gasteiger charge is 2.07. The number of ether oxygens (including phenoxy) is 1. The molecule has 2 aromatic rings. The summed E-state index contributed by atoms with van der Waals surface area (Å²) in [6.07, 6.45) is 1.33. The predicted molar refractivity (Wildman–Crippen MR) is 62.5 cm³/mol. The van der Waals surface area contributed by atoms with Crippen LogP contribution in [-0.2, 0) is 6.54 Å². The number of rotatable bonds is 5. The minimum absolute atomic E-state index is 0.198. The topological polar surface area (TPSA) is 60.2 Å². The van der Waals surface area contributed by atoms with E-state index in [1.165, 1.54) is 6.39 Å². The molecule has 0 amide bonds. The normalized spacial score (nSPS) is 12.4. The van der Waals surface area contributed by atoms with Gasteiger partial charge in [-0.3, -0.25) is 0 Å². The highest BCUT2D eigenvalue weighted by molar-refractivity contribution is 5.30. The van der Waals surface area contributed by atoms with Gasteiger partial charge in [-0.15, -0.1) is 0 Å². The zero-order valence-electron chi connectivity index (χ0n) is 9.88. The fourth-order valence-corrected chi connectivity index (χ4v) is 1.54. The Morgan fingerprint density at radius 1 is 1.47 bits per heavy atom. The van der Waals surface area contributed by atoms with Gasteiger partial charge >= 0.3 is 0 Å². The van der Waals surface area contributed by atoms with Gasteiger partial charge in [-0.05, 0) is 24.6 Å². The molecule has 90 valence electrons. The largest absolute Gasteiger partial charge is 0.497 e. The number of nitrogens with one attached hydrogen (secondary N) is 1. The Morgan fingerprint density at radius 3 is 3.06 bits per heavy atom. The molecule has 0 saturated heterocycles. The first-order chi connectivity index (χ1) is 8.29. The lowest BCUT2D eigenvalue weighted by molar-refractivity contribution is 0.404. The average Bonchev–Trinajstić information content (AvgIpc) is 2.89. The molecular formula is C12H15N3O2. The third-order valence-electron chi connectivity index (χ3n) is 2.57. The summed E-state index contributed by atoms with van der Waals surface area (Å²) < 4.78 is 9.86. The van der Waals surface area contributed by atoms with Gasteiger partial charge in [0.1, 0.15) is 5.75 Å². The second kappa shape index (κ2) is 5.45. The van der Waals surface area contributed by atoms with Crippen LogP contribution >= 0.6 is 0 Å². The average molecular weight is 233 g/mol. The quantitative estimate of drug-likeness (QED) is 0.855. The zero-order valence-corrected chi connectivity index (χ0v) is 9.88. The second-order valence-electron chi connectivity index (χ2n) is 3.73. The molecule has 1 N–H and O–H groups in total. The van der Waals surface area contributed by atoms with Crippen molar-refractivity contribution in [2.24, 2.45) is 0 Å². The molecule has 5 heteroatoms. The van der Waals surface area contributed by atoms with E-state index in [1.807, 2.05) is 18.2 Å². The Bertz CT molecular complexity index is 457. The number of hydrogen-bond donors (Lipinski definition) is 1. The smallest absolute Gasteiger partial charge is 0.213 e. The summed E-state index contributed by atoms with van der Waals surface area (Å²) in [5.74, 6) is 1.51. The van der Waals surface area contributed by atoms with E-state index in [2.05, 4.69) is 33.0 Å². The van der Waals surface area contributed by atoms with E-state index in [4.69, 9.17) is 4.74 Å². The van der Waals surface area contributed by atoms with Gasteiger partial charge in [-0.25, -0.2) is 0 Å². The fraction of sp³-hybridized carbons (Fsp3) is 0.333. The first kappa shape index (κ1) is 11.6. The summed E-state index contributed by atoms with van der Waals surface area (Å²) in [6, 6.07) is 8.16. The molecule has 17 heavy (non-hydrogen) atoms. The van der Waals surface area contributed by atoms with Crippen molar-refractivity contribution in [1.82, 2.24) is 15.5 Å². The van der Waals surface area contributed by atoms with Gasteiger partial charge < -0.3 is 14.6 Å². The van der Waals surface area contributed by atoms with Crippen molar-refractivity contribution in [3.63, 3.8) is 0 Å². The maximum absolute atomic E-state index is 5.19. The van der Waals surface area contributed by atoms with Crippen LogP contribution in [0.25, 0.3) is 0 Å². The molecule has 2 rings (SSSR count). The van der Waals surface area contributed by atoms with E-state index < -0.39 is 0 Å². The fourth-order valence-electron chi connectivity index (χ4n) is 1.54. The van der Waals surface area contributed by atoms with Crippen molar-refractivity contribution in [3.8, 4) is 5.75 Å². The van der Waals surface area contributed by atoms with Crippen molar-refractivity contribution in [2.45, 2.75) is 19.5 Å². The molecule has 0 aliphatic heterocycles. The monoisotopic (exact) mass is 233 g/mol. The van der Waals surface area contributed by atoms with Crippen molar-refractivity contribution in [2.75, 3.05) is 7.11 Å². The summed E-state index contributed by atoms with van der Waals surface area (Å²) in [5, 5.41) is 7.05. The van der Waals surface area contributed by atoms with Gasteiger partial charge in [-0.1, -0.05) is 17.3 Å². The minimum atomic E-state index is 0.198. The molecule has 0 aliphatic carbocycles. The van der Waals surface area contributed by atoms with Crippen molar-refractivity contribution < 1.29 is 9.26 Å². The van der Waals surface area contributed by atoms with E-state index >= 15 is 0 Å². The van der Waals surface area contributed by atoms with Crippen LogP contribution in [0.5, 0.6) is 5.75 Å². The van der Waals surface area contributed by atoms with Crippen molar-refractivity contribution in [3.05, 3.63) is 42.0 Å². The summed E-state index contributed by atoms with van der Waals surface area (Å²) >= 11 is 0. The van der Waals surface area contributed by atoms with Crippen LogP contribution in [0.1, 0.15) is 24.4 Å². The standard InChI is InChI=1S/C12H15N3O2/c1-9(13-7-12-14-8-17-15-12)10-4-3-5-11(6-10)16-2/h3-6,8-9,13H,7H2,1-2H3. The molecule has 0 aliphatic rings. The zero-order chi connectivity index (χ0) is 12.1. The molecule has 0 spiro atoms. The van der Waals surface area contributed by atoms with Crippen LogP contribution in [0.3, 0.4) is 0 Å². The van der Waals surface area contributed by atoms with Crippen LogP contribution in [0, 0.1) is 0 Å². The lowest BCUT2D eigenvalue weighted by Crippen LogP contribution is -2.18. The first-order valence-electron chi connectivity index (χ1n) is 5.42. The summed E-state index contributed by atoms with van der Waals surface area (Å²) in [5.41, 5.74) is 1.16. The molecular weight excluding hydrogens is 218 g/mol. The maximum atomic E-state index is 5.19. The third kappa shape index (κ3) is 3.04. The Hall–Kier alpha value is -1.88. The second-order valence-corrected chi connectivity index (χ2v) is 3.73. The van der Waals surface area contributed by atoms with Gasteiger partial charge in [0, 0.05) is 6.04 Å². The van der Waals surface area contributed by atoms with Gasteiger partial charge in [-0.2, -0.15) is 4.98 Å². The highest BCUT2D eigenvalue weighted by atomic mass is 16.5. The Labute approximate surface area is 99.8 Å². The summed E-state index contributed by atoms with van der Waals surface area (Å²) in [7, 11) is 1.66. The molecule has 1 aromatic carbocycles. The first-order valence-corrected chi connectivity index (χ1v) is 5.42. The summed E-state index contributed by atoms with van der Waals surface area (Å²) in [4.78, 5) is 3.95. The lowest BCUT2D eigenvalue weighted by atomic mass is 10.1. The molecule has 1 heterocycles. The van der Waals surface area contributed by atoms with Crippen molar-refractivity contribution >= 4 is 0 Å². The number of nitrogens with zero attached hydrogens (tertiary/aromatic N) is 2.